The van der Waals surface area contributed by atoms with Gasteiger partial charge in [0.2, 0.25) is 0 Å². The molecule has 30 heavy (non-hydrogen) atoms. The Labute approximate surface area is 177 Å². The molecule has 2 amide bonds. The number of fused-ring (bicyclic) bond motifs is 2. The van der Waals surface area contributed by atoms with E-state index in [1.54, 1.807) is 7.11 Å². The lowest BCUT2D eigenvalue weighted by molar-refractivity contribution is 0.149. The van der Waals surface area contributed by atoms with Crippen LogP contribution in [0.15, 0.2) is 48.5 Å². The highest BCUT2D eigenvalue weighted by atomic mass is 16.5. The quantitative estimate of drug-likeness (QED) is 0.806. The number of ether oxygens (including phenoxy) is 2. The van der Waals surface area contributed by atoms with Crippen molar-refractivity contribution in [2.24, 2.45) is 11.3 Å². The number of benzene rings is 2. The van der Waals surface area contributed by atoms with Crippen LogP contribution in [-0.2, 0) is 0 Å². The van der Waals surface area contributed by atoms with Crippen LogP contribution in [0.2, 0.25) is 0 Å². The van der Waals surface area contributed by atoms with E-state index in [0.29, 0.717) is 18.6 Å². The predicted octanol–water partition coefficient (Wildman–Crippen LogP) is 4.23. The van der Waals surface area contributed by atoms with E-state index in [0.717, 1.165) is 30.3 Å². The van der Waals surface area contributed by atoms with Gasteiger partial charge in [-0.25, -0.2) is 4.79 Å². The molecule has 0 spiro atoms. The van der Waals surface area contributed by atoms with Gasteiger partial charge in [-0.1, -0.05) is 6.92 Å². The fourth-order valence-corrected chi connectivity index (χ4v) is 5.65. The van der Waals surface area contributed by atoms with E-state index < -0.39 is 0 Å². The second-order valence-corrected chi connectivity index (χ2v) is 8.86. The van der Waals surface area contributed by atoms with Gasteiger partial charge in [0.15, 0.2) is 0 Å². The maximum atomic E-state index is 13.1. The van der Waals surface area contributed by atoms with Crippen molar-refractivity contribution < 1.29 is 14.3 Å². The molecule has 0 radical (unpaired) electrons. The fourth-order valence-electron chi connectivity index (χ4n) is 5.65. The Hall–Kier alpha value is -2.89. The van der Waals surface area contributed by atoms with Crippen LogP contribution in [0.25, 0.3) is 0 Å². The predicted molar refractivity (Wildman–Crippen MR) is 117 cm³/mol. The minimum absolute atomic E-state index is 0.00265. The summed E-state index contributed by atoms with van der Waals surface area (Å²) >= 11 is 0. The van der Waals surface area contributed by atoms with Crippen molar-refractivity contribution in [1.82, 2.24) is 4.90 Å². The van der Waals surface area contributed by atoms with Crippen LogP contribution in [0.1, 0.15) is 20.3 Å². The number of anilines is 2. The highest BCUT2D eigenvalue weighted by Gasteiger charge is 2.72. The molecular weight excluding hydrogens is 378 g/mol. The molecule has 0 aromatic heterocycles. The van der Waals surface area contributed by atoms with Crippen LogP contribution in [0.4, 0.5) is 16.2 Å². The van der Waals surface area contributed by atoms with Gasteiger partial charge in [0.1, 0.15) is 11.5 Å². The Morgan fingerprint density at radius 2 is 1.77 bits per heavy atom. The zero-order chi connectivity index (χ0) is 20.9. The zero-order valence-corrected chi connectivity index (χ0v) is 17.8. The van der Waals surface area contributed by atoms with E-state index in [9.17, 15) is 4.79 Å². The lowest BCUT2D eigenvalue weighted by Gasteiger charge is -2.39. The number of likely N-dealkylation sites (tertiary alicyclic amines) is 1. The molecule has 2 aromatic carbocycles. The number of carbonyl (C=O) groups is 1. The normalized spacial score (nSPS) is 28.7. The number of hydrogen-bond acceptors (Lipinski definition) is 4. The molecule has 1 saturated carbocycles. The third-order valence-corrected chi connectivity index (χ3v) is 6.93. The number of methoxy groups -OCH3 is 1. The van der Waals surface area contributed by atoms with Crippen molar-refractivity contribution >= 4 is 17.4 Å². The monoisotopic (exact) mass is 407 g/mol. The second-order valence-electron chi connectivity index (χ2n) is 8.86. The van der Waals surface area contributed by atoms with E-state index >= 15 is 0 Å². The summed E-state index contributed by atoms with van der Waals surface area (Å²) in [6.45, 7) is 6.82. The van der Waals surface area contributed by atoms with Crippen molar-refractivity contribution in [3.8, 4) is 11.5 Å². The maximum absolute atomic E-state index is 13.1. The minimum Gasteiger partial charge on any atom is -0.497 e. The molecule has 6 nitrogen and oxygen atoms in total. The first-order chi connectivity index (χ1) is 14.5. The summed E-state index contributed by atoms with van der Waals surface area (Å²) in [6, 6.07) is 16.5. The third-order valence-electron chi connectivity index (χ3n) is 6.93. The molecule has 5 rings (SSSR count). The van der Waals surface area contributed by atoms with Crippen molar-refractivity contribution in [2.45, 2.75) is 32.4 Å². The molecule has 2 heterocycles. The molecule has 2 saturated heterocycles. The van der Waals surface area contributed by atoms with Crippen LogP contribution >= 0.6 is 0 Å². The van der Waals surface area contributed by atoms with Gasteiger partial charge in [0.05, 0.1) is 25.8 Å². The lowest BCUT2D eigenvalue weighted by atomic mass is 9.85. The van der Waals surface area contributed by atoms with Crippen molar-refractivity contribution in [2.75, 3.05) is 37.0 Å². The average molecular weight is 408 g/mol. The number of carbonyl (C=O) groups excluding carboxylic acids is 1. The summed E-state index contributed by atoms with van der Waals surface area (Å²) in [5.41, 5.74) is 2.18. The number of nitrogens with zero attached hydrogens (tertiary/aromatic N) is 2. The van der Waals surface area contributed by atoms with Gasteiger partial charge in [-0.2, -0.15) is 0 Å². The fraction of sp³-hybridized carbons (Fsp3) is 0.458. The molecule has 4 atom stereocenters. The van der Waals surface area contributed by atoms with E-state index in [1.807, 2.05) is 43.3 Å². The van der Waals surface area contributed by atoms with Crippen molar-refractivity contribution in [1.29, 1.82) is 0 Å². The molecule has 4 unspecified atom stereocenters. The summed E-state index contributed by atoms with van der Waals surface area (Å²) in [4.78, 5) is 17.7. The van der Waals surface area contributed by atoms with Gasteiger partial charge in [0.25, 0.3) is 0 Å². The molecule has 1 aliphatic carbocycles. The summed E-state index contributed by atoms with van der Waals surface area (Å²) in [7, 11) is 1.64. The number of nitrogens with one attached hydrogen (secondary N) is 1. The Morgan fingerprint density at radius 1 is 1.07 bits per heavy atom. The minimum atomic E-state index is -0.00265. The van der Waals surface area contributed by atoms with Crippen LogP contribution in [0.3, 0.4) is 0 Å². The molecule has 158 valence electrons. The number of hydrogen-bond donors (Lipinski definition) is 1. The number of amides is 2. The highest BCUT2D eigenvalue weighted by molar-refractivity contribution is 5.90. The smallest absolute Gasteiger partial charge is 0.322 e. The van der Waals surface area contributed by atoms with Gasteiger partial charge in [-0.15, -0.1) is 0 Å². The number of rotatable bonds is 5. The van der Waals surface area contributed by atoms with Crippen LogP contribution in [0, 0.1) is 11.3 Å². The molecule has 3 fully saturated rings. The molecule has 6 heteroatoms. The average Bonchev–Trinajstić information content (AvgIpc) is 3.44. The number of piperidine rings is 2. The number of urea groups is 1. The van der Waals surface area contributed by atoms with E-state index in [-0.39, 0.29) is 17.5 Å². The molecule has 3 aliphatic rings. The molecule has 2 aliphatic heterocycles. The summed E-state index contributed by atoms with van der Waals surface area (Å²) in [6.07, 6.45) is 1.20. The van der Waals surface area contributed by atoms with Gasteiger partial charge < -0.3 is 24.6 Å². The standard InChI is InChI=1S/C24H29N3O3/c1-4-30-20-11-7-18(8-12-20)26-14-16-13-24(2)21(26)22(24)27(15-16)23(28)25-17-5-9-19(29-3)10-6-17/h5-12,16,21-22H,4,13-15H2,1-3H3,(H,25,28). The Bertz CT molecular complexity index is 930. The van der Waals surface area contributed by atoms with E-state index in [1.165, 1.54) is 12.1 Å². The van der Waals surface area contributed by atoms with Gasteiger partial charge in [-0.3, -0.25) is 0 Å². The summed E-state index contributed by atoms with van der Waals surface area (Å²) < 4.78 is 10.8. The molecular formula is C24H29N3O3. The second kappa shape index (κ2) is 7.11. The highest BCUT2D eigenvalue weighted by Crippen LogP contribution is 2.63. The van der Waals surface area contributed by atoms with Crippen molar-refractivity contribution in [3.05, 3.63) is 48.5 Å². The Morgan fingerprint density at radius 3 is 2.43 bits per heavy atom. The first kappa shape index (κ1) is 19.1. The summed E-state index contributed by atoms with van der Waals surface area (Å²) in [5.74, 6) is 2.17. The third kappa shape index (κ3) is 3.06. The first-order valence-electron chi connectivity index (χ1n) is 10.7. The zero-order valence-electron chi connectivity index (χ0n) is 17.8. The molecule has 2 aromatic rings. The maximum Gasteiger partial charge on any atom is 0.322 e. The summed E-state index contributed by atoms with van der Waals surface area (Å²) in [5, 5.41) is 3.08. The first-order valence-corrected chi connectivity index (χ1v) is 10.7. The van der Waals surface area contributed by atoms with Crippen LogP contribution < -0.4 is 19.7 Å². The molecule has 2 bridgehead atoms. The lowest BCUT2D eigenvalue weighted by Crippen LogP contribution is -2.47. The topological polar surface area (TPSA) is 54.0 Å². The largest absolute Gasteiger partial charge is 0.497 e. The van der Waals surface area contributed by atoms with Crippen LogP contribution in [-0.4, -0.2) is 49.8 Å². The van der Waals surface area contributed by atoms with Crippen LogP contribution in [0.5, 0.6) is 11.5 Å². The SMILES string of the molecule is CCOc1ccc(N2CC3CN(C(=O)Nc4ccc(OC)cc4)C4C2C4(C)C3)cc1. The van der Waals surface area contributed by atoms with Crippen molar-refractivity contribution in [3.63, 3.8) is 0 Å². The Balaban J connectivity index is 1.33. The Kier molecular flexibility index (Phi) is 4.53. The van der Waals surface area contributed by atoms with E-state index in [4.69, 9.17) is 9.47 Å². The van der Waals surface area contributed by atoms with Gasteiger partial charge in [-0.05, 0) is 67.8 Å². The van der Waals surface area contributed by atoms with Gasteiger partial charge >= 0.3 is 6.03 Å². The molecule has 1 N–H and O–H groups in total. The van der Waals surface area contributed by atoms with E-state index in [2.05, 4.69) is 34.2 Å². The van der Waals surface area contributed by atoms with Gasteiger partial charge in [0, 0.05) is 29.9 Å².